The number of aliphatic hydroxyl groups is 1. The standard InChI is InChI=1S/C9H13F3N4OS/c10-9(11,12)7-13-14-8(18-7)16-3-1-15(2-4-16)5-6-17/h17H,1-6H2. The number of rotatable bonds is 3. The molecule has 0 amide bonds. The first-order chi connectivity index (χ1) is 8.50. The van der Waals surface area contributed by atoms with Crippen molar-refractivity contribution < 1.29 is 18.3 Å². The Kier molecular flexibility index (Phi) is 4.03. The highest BCUT2D eigenvalue weighted by atomic mass is 32.1. The Bertz CT molecular complexity index is 389. The first-order valence-corrected chi connectivity index (χ1v) is 6.31. The minimum atomic E-state index is -4.42. The second-order valence-electron chi connectivity index (χ2n) is 3.94. The quantitative estimate of drug-likeness (QED) is 0.883. The van der Waals surface area contributed by atoms with Crippen molar-refractivity contribution in [3.8, 4) is 0 Å². The molecule has 2 rings (SSSR count). The first-order valence-electron chi connectivity index (χ1n) is 5.49. The molecular formula is C9H13F3N4OS. The Labute approximate surface area is 106 Å². The largest absolute Gasteiger partial charge is 0.445 e. The molecule has 102 valence electrons. The third kappa shape index (κ3) is 3.09. The van der Waals surface area contributed by atoms with E-state index in [9.17, 15) is 13.2 Å². The van der Waals surface area contributed by atoms with Gasteiger partial charge in [-0.3, -0.25) is 4.90 Å². The predicted octanol–water partition coefficient (Wildman–Crippen LogP) is 0.671. The zero-order valence-electron chi connectivity index (χ0n) is 9.52. The molecule has 0 saturated carbocycles. The molecule has 0 aromatic carbocycles. The number of alkyl halides is 3. The topological polar surface area (TPSA) is 52.5 Å². The molecule has 1 N–H and O–H groups in total. The number of hydrogen-bond acceptors (Lipinski definition) is 6. The van der Waals surface area contributed by atoms with E-state index in [1.165, 1.54) is 0 Å². The maximum absolute atomic E-state index is 12.4. The van der Waals surface area contributed by atoms with E-state index < -0.39 is 11.2 Å². The van der Waals surface area contributed by atoms with Crippen LogP contribution in [0.25, 0.3) is 0 Å². The third-order valence-corrected chi connectivity index (χ3v) is 3.74. The Hall–Kier alpha value is -0.930. The molecule has 1 aromatic rings. The van der Waals surface area contributed by atoms with Crippen molar-refractivity contribution in [2.24, 2.45) is 0 Å². The Morgan fingerprint density at radius 2 is 1.83 bits per heavy atom. The molecule has 0 aliphatic carbocycles. The highest BCUT2D eigenvalue weighted by molar-refractivity contribution is 7.15. The summed E-state index contributed by atoms with van der Waals surface area (Å²) >= 11 is 0.572. The van der Waals surface area contributed by atoms with Gasteiger partial charge in [0.05, 0.1) is 6.61 Å². The molecule has 1 saturated heterocycles. The van der Waals surface area contributed by atoms with Gasteiger partial charge in [0.25, 0.3) is 0 Å². The second-order valence-corrected chi connectivity index (χ2v) is 4.90. The fourth-order valence-corrected chi connectivity index (χ4v) is 2.53. The summed E-state index contributed by atoms with van der Waals surface area (Å²) in [5.41, 5.74) is 0. The highest BCUT2D eigenvalue weighted by Gasteiger charge is 2.36. The maximum Gasteiger partial charge on any atom is 0.445 e. The number of anilines is 1. The number of aliphatic hydroxyl groups excluding tert-OH is 1. The first kappa shape index (κ1) is 13.5. The number of nitrogens with zero attached hydrogens (tertiary/aromatic N) is 4. The predicted molar refractivity (Wildman–Crippen MR) is 60.6 cm³/mol. The van der Waals surface area contributed by atoms with Gasteiger partial charge in [-0.2, -0.15) is 13.2 Å². The zero-order chi connectivity index (χ0) is 13.2. The van der Waals surface area contributed by atoms with E-state index in [0.29, 0.717) is 49.2 Å². The molecule has 9 heteroatoms. The van der Waals surface area contributed by atoms with Gasteiger partial charge in [0.1, 0.15) is 0 Å². The van der Waals surface area contributed by atoms with Crippen molar-refractivity contribution in [3.63, 3.8) is 0 Å². The molecule has 1 aliphatic rings. The zero-order valence-corrected chi connectivity index (χ0v) is 10.3. The van der Waals surface area contributed by atoms with Gasteiger partial charge in [0.2, 0.25) is 10.1 Å². The molecule has 0 bridgehead atoms. The number of β-amino-alcohol motifs (C(OH)–C–C–N with tert-alkyl or cyclic N) is 1. The summed E-state index contributed by atoms with van der Waals surface area (Å²) in [6, 6.07) is 0. The molecule has 0 unspecified atom stereocenters. The molecule has 0 spiro atoms. The third-order valence-electron chi connectivity index (χ3n) is 2.72. The molecule has 0 atom stereocenters. The van der Waals surface area contributed by atoms with Crippen molar-refractivity contribution >= 4 is 16.5 Å². The van der Waals surface area contributed by atoms with Gasteiger partial charge in [-0.15, -0.1) is 10.2 Å². The number of halogens is 3. The maximum atomic E-state index is 12.4. The van der Waals surface area contributed by atoms with Gasteiger partial charge in [0, 0.05) is 32.7 Å². The van der Waals surface area contributed by atoms with Gasteiger partial charge < -0.3 is 10.0 Å². The smallest absolute Gasteiger partial charge is 0.395 e. The lowest BCUT2D eigenvalue weighted by Gasteiger charge is -2.33. The lowest BCUT2D eigenvalue weighted by atomic mass is 10.3. The number of aromatic nitrogens is 2. The summed E-state index contributed by atoms with van der Waals surface area (Å²) in [4.78, 5) is 3.85. The van der Waals surface area contributed by atoms with E-state index in [-0.39, 0.29) is 6.61 Å². The van der Waals surface area contributed by atoms with Gasteiger partial charge in [0.15, 0.2) is 0 Å². The van der Waals surface area contributed by atoms with E-state index in [2.05, 4.69) is 15.1 Å². The Balaban J connectivity index is 1.95. The van der Waals surface area contributed by atoms with Gasteiger partial charge >= 0.3 is 6.18 Å². The van der Waals surface area contributed by atoms with Crippen molar-refractivity contribution in [1.29, 1.82) is 0 Å². The van der Waals surface area contributed by atoms with Crippen LogP contribution in [0.2, 0.25) is 0 Å². The van der Waals surface area contributed by atoms with Crippen LogP contribution in [0.4, 0.5) is 18.3 Å². The SMILES string of the molecule is OCCN1CCN(c2nnc(C(F)(F)F)s2)CC1. The van der Waals surface area contributed by atoms with Crippen molar-refractivity contribution in [1.82, 2.24) is 15.1 Å². The van der Waals surface area contributed by atoms with Crippen LogP contribution in [0, 0.1) is 0 Å². The fraction of sp³-hybridized carbons (Fsp3) is 0.778. The number of piperazine rings is 1. The van der Waals surface area contributed by atoms with Crippen molar-refractivity contribution in [2.45, 2.75) is 6.18 Å². The molecule has 2 heterocycles. The van der Waals surface area contributed by atoms with Crippen LogP contribution in [0.1, 0.15) is 5.01 Å². The minimum absolute atomic E-state index is 0.0943. The van der Waals surface area contributed by atoms with Gasteiger partial charge in [-0.25, -0.2) is 0 Å². The molecule has 1 aromatic heterocycles. The minimum Gasteiger partial charge on any atom is -0.395 e. The van der Waals surface area contributed by atoms with Crippen molar-refractivity contribution in [2.75, 3.05) is 44.2 Å². The molecule has 5 nitrogen and oxygen atoms in total. The summed E-state index contributed by atoms with van der Waals surface area (Å²) in [5.74, 6) is 0. The van der Waals surface area contributed by atoms with Crippen LogP contribution < -0.4 is 4.90 Å². The van der Waals surface area contributed by atoms with E-state index >= 15 is 0 Å². The average Bonchev–Trinajstić information content (AvgIpc) is 2.79. The van der Waals surface area contributed by atoms with Crippen LogP contribution in [0.5, 0.6) is 0 Å². The summed E-state index contributed by atoms with van der Waals surface area (Å²) < 4.78 is 37.2. The summed E-state index contributed by atoms with van der Waals surface area (Å²) in [5, 5.41) is 14.9. The Morgan fingerprint density at radius 1 is 1.17 bits per heavy atom. The normalized spacial score (nSPS) is 18.3. The molecule has 18 heavy (non-hydrogen) atoms. The van der Waals surface area contributed by atoms with Crippen LogP contribution in [0.15, 0.2) is 0 Å². The summed E-state index contributed by atoms with van der Waals surface area (Å²) in [6.07, 6.45) is -4.42. The van der Waals surface area contributed by atoms with Gasteiger partial charge in [-0.1, -0.05) is 11.3 Å². The number of hydrogen-bond donors (Lipinski definition) is 1. The van der Waals surface area contributed by atoms with E-state index in [4.69, 9.17) is 5.11 Å². The fourth-order valence-electron chi connectivity index (χ4n) is 1.76. The van der Waals surface area contributed by atoms with E-state index in [1.54, 1.807) is 4.90 Å². The lowest BCUT2D eigenvalue weighted by Crippen LogP contribution is -2.47. The molecule has 1 aliphatic heterocycles. The molecular weight excluding hydrogens is 269 g/mol. The summed E-state index contributed by atoms with van der Waals surface area (Å²) in [7, 11) is 0. The van der Waals surface area contributed by atoms with Crippen LogP contribution in [-0.2, 0) is 6.18 Å². The molecule has 0 radical (unpaired) electrons. The van der Waals surface area contributed by atoms with Crippen molar-refractivity contribution in [3.05, 3.63) is 5.01 Å². The van der Waals surface area contributed by atoms with Crippen LogP contribution >= 0.6 is 11.3 Å². The highest BCUT2D eigenvalue weighted by Crippen LogP contribution is 2.34. The summed E-state index contributed by atoms with van der Waals surface area (Å²) in [6.45, 7) is 3.32. The van der Waals surface area contributed by atoms with E-state index in [1.807, 2.05) is 0 Å². The Morgan fingerprint density at radius 3 is 2.33 bits per heavy atom. The van der Waals surface area contributed by atoms with E-state index in [0.717, 1.165) is 0 Å². The van der Waals surface area contributed by atoms with Gasteiger partial charge in [-0.05, 0) is 0 Å². The average molecular weight is 282 g/mol. The lowest BCUT2D eigenvalue weighted by molar-refractivity contribution is -0.138. The van der Waals surface area contributed by atoms with Crippen LogP contribution in [0.3, 0.4) is 0 Å². The van der Waals surface area contributed by atoms with Crippen LogP contribution in [-0.4, -0.2) is 59.5 Å². The molecule has 1 fully saturated rings. The second kappa shape index (κ2) is 5.37. The monoisotopic (exact) mass is 282 g/mol.